The molecule has 0 N–H and O–H groups in total. The summed E-state index contributed by atoms with van der Waals surface area (Å²) in [5.74, 6) is 2.19. The second-order valence-corrected chi connectivity index (χ2v) is 7.72. The number of halogens is 1. The summed E-state index contributed by atoms with van der Waals surface area (Å²) in [6, 6.07) is 9.18. The summed E-state index contributed by atoms with van der Waals surface area (Å²) in [6.07, 6.45) is 2.68. The largest absolute Gasteiger partial charge is 0.496 e. The van der Waals surface area contributed by atoms with Crippen LogP contribution in [0.1, 0.15) is 28.1 Å². The third-order valence-corrected chi connectivity index (χ3v) is 5.94. The molecule has 0 fully saturated rings. The van der Waals surface area contributed by atoms with Crippen LogP contribution in [0.5, 0.6) is 17.2 Å². The van der Waals surface area contributed by atoms with Crippen LogP contribution in [0.15, 0.2) is 40.8 Å². The fourth-order valence-electron chi connectivity index (χ4n) is 3.96. The molecule has 2 heterocycles. The van der Waals surface area contributed by atoms with E-state index in [1.165, 1.54) is 0 Å². The van der Waals surface area contributed by atoms with Gasteiger partial charge < -0.3 is 23.5 Å². The molecule has 1 aliphatic rings. The molecule has 0 bridgehead atoms. The van der Waals surface area contributed by atoms with E-state index < -0.39 is 0 Å². The summed E-state index contributed by atoms with van der Waals surface area (Å²) in [4.78, 5) is 14.9. The molecule has 31 heavy (non-hydrogen) atoms. The van der Waals surface area contributed by atoms with E-state index in [1.54, 1.807) is 32.3 Å². The summed E-state index contributed by atoms with van der Waals surface area (Å²) >= 11 is 6.24. The number of methoxy groups -OCH3 is 3. The molecule has 0 atom stereocenters. The van der Waals surface area contributed by atoms with Crippen LogP contribution in [0.3, 0.4) is 0 Å². The highest BCUT2D eigenvalue weighted by molar-refractivity contribution is 6.35. The van der Waals surface area contributed by atoms with Crippen molar-refractivity contribution < 1.29 is 23.4 Å². The first-order valence-corrected chi connectivity index (χ1v) is 10.3. The zero-order chi connectivity index (χ0) is 22.1. The van der Waals surface area contributed by atoms with Crippen LogP contribution in [0, 0.1) is 6.92 Å². The van der Waals surface area contributed by atoms with Crippen LogP contribution in [-0.4, -0.2) is 45.2 Å². The van der Waals surface area contributed by atoms with Gasteiger partial charge in [0.2, 0.25) is 0 Å². The average Bonchev–Trinajstić information content (AvgIpc) is 3.15. The maximum atomic E-state index is 13.2. The zero-order valence-electron chi connectivity index (χ0n) is 18.0. The first kappa shape index (κ1) is 21.1. The van der Waals surface area contributed by atoms with E-state index in [1.807, 2.05) is 37.3 Å². The number of furan rings is 1. The van der Waals surface area contributed by atoms with E-state index in [9.17, 15) is 4.79 Å². The molecule has 1 aliphatic heterocycles. The van der Waals surface area contributed by atoms with Gasteiger partial charge in [0, 0.05) is 36.2 Å². The Labute approximate surface area is 185 Å². The quantitative estimate of drug-likeness (QED) is 0.534. The normalized spacial score (nSPS) is 13.8. The first-order valence-electron chi connectivity index (χ1n) is 9.94. The molecule has 6 nitrogen and oxygen atoms in total. The molecule has 0 saturated heterocycles. The van der Waals surface area contributed by atoms with Crippen LogP contribution in [-0.2, 0) is 0 Å². The van der Waals surface area contributed by atoms with Crippen molar-refractivity contribution in [1.82, 2.24) is 4.90 Å². The highest BCUT2D eigenvalue weighted by Crippen LogP contribution is 2.41. The van der Waals surface area contributed by atoms with Gasteiger partial charge in [-0.25, -0.2) is 0 Å². The van der Waals surface area contributed by atoms with Gasteiger partial charge in [0.25, 0.3) is 5.91 Å². The number of amides is 1. The molecule has 0 spiro atoms. The topological polar surface area (TPSA) is 61.1 Å². The molecule has 0 aliphatic carbocycles. The number of rotatable bonds is 5. The summed E-state index contributed by atoms with van der Waals surface area (Å²) in [7, 11) is 4.84. The predicted molar refractivity (Wildman–Crippen MR) is 121 cm³/mol. The monoisotopic (exact) mass is 441 g/mol. The molecule has 2 aromatic carbocycles. The minimum atomic E-state index is -0.145. The number of nitrogens with zero attached hydrogens (tertiary/aromatic N) is 1. The van der Waals surface area contributed by atoms with E-state index >= 15 is 0 Å². The molecule has 4 rings (SSSR count). The molecular formula is C24H24ClNO5. The number of benzene rings is 2. The van der Waals surface area contributed by atoms with Gasteiger partial charge in [0.1, 0.15) is 17.2 Å². The van der Waals surface area contributed by atoms with E-state index in [0.717, 1.165) is 22.1 Å². The number of fused-ring (bicyclic) bond motifs is 1. The van der Waals surface area contributed by atoms with Crippen LogP contribution in [0.25, 0.3) is 16.5 Å². The maximum absolute atomic E-state index is 13.2. The molecule has 7 heteroatoms. The SMILES string of the molecule is COc1cc(OC)c(C2=CCN(C(=O)c3oc4c(Cl)cccc4c3C)CC2)c(OC)c1. The second kappa shape index (κ2) is 8.55. The fourth-order valence-corrected chi connectivity index (χ4v) is 4.17. The van der Waals surface area contributed by atoms with Gasteiger partial charge in [-0.05, 0) is 25.0 Å². The Morgan fingerprint density at radius 1 is 1.10 bits per heavy atom. The third kappa shape index (κ3) is 3.72. The number of carbonyl (C=O) groups is 1. The van der Waals surface area contributed by atoms with Crippen molar-refractivity contribution in [2.45, 2.75) is 13.3 Å². The second-order valence-electron chi connectivity index (χ2n) is 7.31. The first-order chi connectivity index (χ1) is 15.0. The van der Waals surface area contributed by atoms with Gasteiger partial charge >= 0.3 is 0 Å². The predicted octanol–water partition coefficient (Wildman–Crippen LogP) is 5.35. The van der Waals surface area contributed by atoms with Crippen LogP contribution < -0.4 is 14.2 Å². The van der Waals surface area contributed by atoms with Gasteiger partial charge in [-0.3, -0.25) is 4.79 Å². The van der Waals surface area contributed by atoms with E-state index in [0.29, 0.717) is 53.1 Å². The van der Waals surface area contributed by atoms with Crippen LogP contribution in [0.4, 0.5) is 0 Å². The van der Waals surface area contributed by atoms with Gasteiger partial charge in [-0.15, -0.1) is 0 Å². The Kier molecular flexibility index (Phi) is 5.83. The Morgan fingerprint density at radius 2 is 1.81 bits per heavy atom. The van der Waals surface area contributed by atoms with Crippen molar-refractivity contribution >= 4 is 34.1 Å². The smallest absolute Gasteiger partial charge is 0.290 e. The van der Waals surface area contributed by atoms with Crippen molar-refractivity contribution in [3.05, 3.63) is 58.3 Å². The van der Waals surface area contributed by atoms with Gasteiger partial charge in [-0.2, -0.15) is 0 Å². The lowest BCUT2D eigenvalue weighted by molar-refractivity contribution is 0.0742. The summed E-state index contributed by atoms with van der Waals surface area (Å²) in [5, 5.41) is 1.36. The lowest BCUT2D eigenvalue weighted by atomic mass is 9.97. The van der Waals surface area contributed by atoms with Gasteiger partial charge in [0.15, 0.2) is 11.3 Å². The molecule has 162 valence electrons. The minimum Gasteiger partial charge on any atom is -0.496 e. The number of ether oxygens (including phenoxy) is 3. The van der Waals surface area contributed by atoms with Crippen molar-refractivity contribution in [2.75, 3.05) is 34.4 Å². The number of hydrogen-bond acceptors (Lipinski definition) is 5. The minimum absolute atomic E-state index is 0.145. The average molecular weight is 442 g/mol. The van der Waals surface area contributed by atoms with Crippen molar-refractivity contribution in [3.63, 3.8) is 0 Å². The molecular weight excluding hydrogens is 418 g/mol. The molecule has 1 aromatic heterocycles. The van der Waals surface area contributed by atoms with E-state index in [2.05, 4.69) is 0 Å². The number of hydrogen-bond donors (Lipinski definition) is 0. The fraction of sp³-hybridized carbons (Fsp3) is 0.292. The third-order valence-electron chi connectivity index (χ3n) is 5.64. The Balaban J connectivity index is 1.63. The molecule has 0 unspecified atom stereocenters. The Morgan fingerprint density at radius 3 is 2.35 bits per heavy atom. The highest BCUT2D eigenvalue weighted by atomic mass is 35.5. The van der Waals surface area contributed by atoms with Crippen LogP contribution in [0.2, 0.25) is 5.02 Å². The zero-order valence-corrected chi connectivity index (χ0v) is 18.7. The lowest BCUT2D eigenvalue weighted by Gasteiger charge is -2.27. The molecule has 1 amide bonds. The van der Waals surface area contributed by atoms with Crippen molar-refractivity contribution in [1.29, 1.82) is 0 Å². The van der Waals surface area contributed by atoms with Crippen molar-refractivity contribution in [3.8, 4) is 17.2 Å². The van der Waals surface area contributed by atoms with E-state index in [-0.39, 0.29) is 5.91 Å². The van der Waals surface area contributed by atoms with Gasteiger partial charge in [-0.1, -0.05) is 29.8 Å². The highest BCUT2D eigenvalue weighted by Gasteiger charge is 2.27. The van der Waals surface area contributed by atoms with Crippen molar-refractivity contribution in [2.24, 2.45) is 0 Å². The number of para-hydroxylation sites is 1. The summed E-state index contributed by atoms with van der Waals surface area (Å²) in [5.41, 5.74) is 3.29. The Hall–Kier alpha value is -3.12. The maximum Gasteiger partial charge on any atom is 0.290 e. The standard InChI is InChI=1S/C24H24ClNO5/c1-14-17-6-5-7-18(25)23(17)31-22(14)24(27)26-10-8-15(9-11-26)21-19(29-3)12-16(28-2)13-20(21)30-4/h5-8,12-13H,9-11H2,1-4H3. The van der Waals surface area contributed by atoms with E-state index in [4.69, 9.17) is 30.2 Å². The molecule has 0 radical (unpaired) electrons. The summed E-state index contributed by atoms with van der Waals surface area (Å²) < 4.78 is 22.3. The molecule has 0 saturated carbocycles. The van der Waals surface area contributed by atoms with Crippen LogP contribution >= 0.6 is 11.6 Å². The molecule has 3 aromatic rings. The lowest BCUT2D eigenvalue weighted by Crippen LogP contribution is -2.34. The summed E-state index contributed by atoms with van der Waals surface area (Å²) in [6.45, 7) is 2.89. The number of aryl methyl sites for hydroxylation is 1. The Bertz CT molecular complexity index is 1160. The number of carbonyl (C=O) groups excluding carboxylic acids is 1. The van der Waals surface area contributed by atoms with Gasteiger partial charge in [0.05, 0.1) is 31.9 Å².